The summed E-state index contributed by atoms with van der Waals surface area (Å²) in [6.07, 6.45) is 2.22. The predicted octanol–water partition coefficient (Wildman–Crippen LogP) is 2.09. The Labute approximate surface area is 107 Å². The molecule has 86 valence electrons. The number of aromatic nitrogens is 3. The molecule has 0 unspecified atom stereocenters. The summed E-state index contributed by atoms with van der Waals surface area (Å²) in [5.41, 5.74) is 1.45. The molecule has 2 N–H and O–H groups in total. The van der Waals surface area contributed by atoms with Crippen molar-refractivity contribution in [2.75, 3.05) is 11.9 Å². The molecule has 17 heavy (non-hydrogen) atoms. The molecule has 0 spiro atoms. The summed E-state index contributed by atoms with van der Waals surface area (Å²) in [4.78, 5) is 4.02. The van der Waals surface area contributed by atoms with E-state index in [1.54, 1.807) is 6.07 Å². The standard InChI is InChI=1S/C11H10BrN5/c12-9-1-2-10(8(5-9)6-13)14-4-3-11-15-7-16-17-11/h1-2,5,7,14H,3-4H2,(H,15,16,17). The fourth-order valence-electron chi connectivity index (χ4n) is 1.43. The van der Waals surface area contributed by atoms with Crippen molar-refractivity contribution in [1.82, 2.24) is 15.2 Å². The van der Waals surface area contributed by atoms with Crippen molar-refractivity contribution in [1.29, 1.82) is 5.26 Å². The van der Waals surface area contributed by atoms with Gasteiger partial charge in [-0.05, 0) is 18.2 Å². The lowest BCUT2D eigenvalue weighted by molar-refractivity contribution is 0.901. The Morgan fingerprint density at radius 3 is 3.06 bits per heavy atom. The summed E-state index contributed by atoms with van der Waals surface area (Å²) in [5.74, 6) is 0.827. The number of hydrogen-bond donors (Lipinski definition) is 2. The maximum absolute atomic E-state index is 8.99. The SMILES string of the molecule is N#Cc1cc(Br)ccc1NCCc1ncn[nH]1. The number of halogens is 1. The molecule has 0 saturated carbocycles. The van der Waals surface area contributed by atoms with E-state index in [1.165, 1.54) is 6.33 Å². The second-order valence-electron chi connectivity index (χ2n) is 3.41. The van der Waals surface area contributed by atoms with Gasteiger partial charge in [0.2, 0.25) is 0 Å². The van der Waals surface area contributed by atoms with Crippen LogP contribution in [-0.2, 0) is 6.42 Å². The fraction of sp³-hybridized carbons (Fsp3) is 0.182. The van der Waals surface area contributed by atoms with E-state index >= 15 is 0 Å². The lowest BCUT2D eigenvalue weighted by atomic mass is 10.2. The summed E-state index contributed by atoms with van der Waals surface area (Å²) < 4.78 is 0.898. The van der Waals surface area contributed by atoms with E-state index in [0.717, 1.165) is 22.4 Å². The molecule has 0 amide bonds. The van der Waals surface area contributed by atoms with Crippen molar-refractivity contribution >= 4 is 21.6 Å². The third-order valence-corrected chi connectivity index (χ3v) is 2.74. The Kier molecular flexibility index (Phi) is 3.73. The van der Waals surface area contributed by atoms with E-state index in [-0.39, 0.29) is 0 Å². The van der Waals surface area contributed by atoms with E-state index < -0.39 is 0 Å². The molecule has 6 heteroatoms. The summed E-state index contributed by atoms with van der Waals surface area (Å²) in [7, 11) is 0. The van der Waals surface area contributed by atoms with Gasteiger partial charge in [0.25, 0.3) is 0 Å². The number of anilines is 1. The van der Waals surface area contributed by atoms with Crippen LogP contribution in [0.25, 0.3) is 0 Å². The molecular formula is C11H10BrN5. The van der Waals surface area contributed by atoms with Crippen LogP contribution in [0.4, 0.5) is 5.69 Å². The van der Waals surface area contributed by atoms with Gasteiger partial charge >= 0.3 is 0 Å². The second kappa shape index (κ2) is 5.46. The largest absolute Gasteiger partial charge is 0.384 e. The minimum absolute atomic E-state index is 0.622. The first-order valence-electron chi connectivity index (χ1n) is 5.07. The Morgan fingerprint density at radius 2 is 2.35 bits per heavy atom. The van der Waals surface area contributed by atoms with Crippen LogP contribution >= 0.6 is 15.9 Å². The van der Waals surface area contributed by atoms with Crippen LogP contribution in [0.3, 0.4) is 0 Å². The first-order chi connectivity index (χ1) is 8.29. The molecule has 0 aliphatic rings. The van der Waals surface area contributed by atoms with Crippen molar-refractivity contribution in [2.45, 2.75) is 6.42 Å². The highest BCUT2D eigenvalue weighted by Gasteiger charge is 2.02. The molecule has 0 aliphatic carbocycles. The van der Waals surface area contributed by atoms with Crippen molar-refractivity contribution in [3.63, 3.8) is 0 Å². The Morgan fingerprint density at radius 1 is 1.47 bits per heavy atom. The maximum Gasteiger partial charge on any atom is 0.137 e. The van der Waals surface area contributed by atoms with Gasteiger partial charge < -0.3 is 5.32 Å². The van der Waals surface area contributed by atoms with Crippen LogP contribution < -0.4 is 5.32 Å². The normalized spacial score (nSPS) is 9.88. The molecule has 0 atom stereocenters. The van der Waals surface area contributed by atoms with Gasteiger partial charge in [0, 0.05) is 17.4 Å². The Balaban J connectivity index is 1.97. The smallest absolute Gasteiger partial charge is 0.137 e. The first kappa shape index (κ1) is 11.6. The Bertz CT molecular complexity index is 529. The van der Waals surface area contributed by atoms with Gasteiger partial charge in [0.1, 0.15) is 18.2 Å². The van der Waals surface area contributed by atoms with Gasteiger partial charge in [-0.1, -0.05) is 15.9 Å². The van der Waals surface area contributed by atoms with Gasteiger partial charge in [0.05, 0.1) is 11.3 Å². The first-order valence-corrected chi connectivity index (χ1v) is 5.86. The number of nitrogens with one attached hydrogen (secondary N) is 2. The lowest BCUT2D eigenvalue weighted by Gasteiger charge is -2.07. The third kappa shape index (κ3) is 3.04. The van der Waals surface area contributed by atoms with E-state index in [1.807, 2.05) is 12.1 Å². The molecule has 2 aromatic rings. The molecule has 0 saturated heterocycles. The van der Waals surface area contributed by atoms with Crippen molar-refractivity contribution in [3.05, 3.63) is 40.4 Å². The average molecular weight is 292 g/mol. The minimum atomic E-state index is 0.622. The van der Waals surface area contributed by atoms with Crippen LogP contribution in [0, 0.1) is 11.3 Å². The van der Waals surface area contributed by atoms with Crippen LogP contribution in [0.5, 0.6) is 0 Å². The van der Waals surface area contributed by atoms with Gasteiger partial charge in [0.15, 0.2) is 0 Å². The molecule has 0 aliphatic heterocycles. The van der Waals surface area contributed by atoms with Crippen LogP contribution in [0.1, 0.15) is 11.4 Å². The number of hydrogen-bond acceptors (Lipinski definition) is 4. The molecule has 0 radical (unpaired) electrons. The highest BCUT2D eigenvalue weighted by atomic mass is 79.9. The number of benzene rings is 1. The van der Waals surface area contributed by atoms with E-state index in [0.29, 0.717) is 12.1 Å². The van der Waals surface area contributed by atoms with Gasteiger partial charge in [-0.3, -0.25) is 5.10 Å². The topological polar surface area (TPSA) is 77.4 Å². The zero-order chi connectivity index (χ0) is 12.1. The summed E-state index contributed by atoms with van der Waals surface area (Å²) >= 11 is 3.33. The molecule has 1 heterocycles. The summed E-state index contributed by atoms with van der Waals surface area (Å²) in [5, 5.41) is 18.7. The molecular weight excluding hydrogens is 282 g/mol. The van der Waals surface area contributed by atoms with Gasteiger partial charge in [-0.15, -0.1) is 0 Å². The van der Waals surface area contributed by atoms with Gasteiger partial charge in [-0.2, -0.15) is 10.4 Å². The number of nitrogens with zero attached hydrogens (tertiary/aromatic N) is 3. The number of nitriles is 1. The fourth-order valence-corrected chi connectivity index (χ4v) is 1.79. The van der Waals surface area contributed by atoms with Crippen molar-refractivity contribution < 1.29 is 0 Å². The van der Waals surface area contributed by atoms with E-state index in [4.69, 9.17) is 5.26 Å². The zero-order valence-electron chi connectivity index (χ0n) is 8.94. The van der Waals surface area contributed by atoms with E-state index in [9.17, 15) is 0 Å². The highest BCUT2D eigenvalue weighted by Crippen LogP contribution is 2.20. The zero-order valence-corrected chi connectivity index (χ0v) is 10.5. The summed E-state index contributed by atoms with van der Waals surface area (Å²) in [6.45, 7) is 0.700. The van der Waals surface area contributed by atoms with E-state index in [2.05, 4.69) is 42.5 Å². The van der Waals surface area contributed by atoms with Crippen LogP contribution in [0.2, 0.25) is 0 Å². The predicted molar refractivity (Wildman–Crippen MR) is 67.4 cm³/mol. The second-order valence-corrected chi connectivity index (χ2v) is 4.33. The molecule has 1 aromatic carbocycles. The van der Waals surface area contributed by atoms with Crippen molar-refractivity contribution in [3.8, 4) is 6.07 Å². The lowest BCUT2D eigenvalue weighted by Crippen LogP contribution is -2.07. The van der Waals surface area contributed by atoms with Gasteiger partial charge in [-0.25, -0.2) is 4.98 Å². The molecule has 0 fully saturated rings. The molecule has 5 nitrogen and oxygen atoms in total. The molecule has 1 aromatic heterocycles. The number of H-pyrrole nitrogens is 1. The quantitative estimate of drug-likeness (QED) is 0.904. The molecule has 0 bridgehead atoms. The summed E-state index contributed by atoms with van der Waals surface area (Å²) in [6, 6.07) is 7.72. The number of rotatable bonds is 4. The monoisotopic (exact) mass is 291 g/mol. The minimum Gasteiger partial charge on any atom is -0.384 e. The van der Waals surface area contributed by atoms with Crippen LogP contribution in [-0.4, -0.2) is 21.7 Å². The van der Waals surface area contributed by atoms with Crippen LogP contribution in [0.15, 0.2) is 29.0 Å². The maximum atomic E-state index is 8.99. The average Bonchev–Trinajstić information content (AvgIpc) is 2.84. The van der Waals surface area contributed by atoms with Crippen molar-refractivity contribution in [2.24, 2.45) is 0 Å². The molecule has 2 rings (SSSR count). The highest BCUT2D eigenvalue weighted by molar-refractivity contribution is 9.10. The number of aromatic amines is 1. The third-order valence-electron chi connectivity index (χ3n) is 2.24. The Hall–Kier alpha value is -1.87.